The van der Waals surface area contributed by atoms with Gasteiger partial charge in [0.1, 0.15) is 0 Å². The second kappa shape index (κ2) is 3.21. The average Bonchev–Trinajstić information content (AvgIpc) is 2.15. The van der Waals surface area contributed by atoms with Crippen molar-refractivity contribution < 1.29 is 9.53 Å². The molecule has 1 aliphatic heterocycles. The van der Waals surface area contributed by atoms with Crippen LogP contribution in [0, 0.1) is 0 Å². The molecule has 1 amide bonds. The Hall–Kier alpha value is -0.280. The molecule has 0 aromatic rings. The number of halogens is 1. The number of amides is 1. The van der Waals surface area contributed by atoms with E-state index in [0.717, 1.165) is 0 Å². The van der Waals surface area contributed by atoms with Crippen LogP contribution in [0.25, 0.3) is 0 Å². The second-order valence-electron chi connectivity index (χ2n) is 2.36. The minimum absolute atomic E-state index is 0.000772. The predicted molar refractivity (Wildman–Crippen MR) is 38.1 cm³/mol. The van der Waals surface area contributed by atoms with E-state index in [1.807, 2.05) is 0 Å². The number of ether oxygens (including phenoxy) is 1. The van der Waals surface area contributed by atoms with Crippen LogP contribution in [0.4, 0.5) is 0 Å². The lowest BCUT2D eigenvalue weighted by molar-refractivity contribution is -0.119. The third-order valence-corrected chi connectivity index (χ3v) is 1.83. The van der Waals surface area contributed by atoms with E-state index in [1.54, 1.807) is 0 Å². The zero-order chi connectivity index (χ0) is 7.56. The van der Waals surface area contributed by atoms with Gasteiger partial charge in [0.2, 0.25) is 5.91 Å². The van der Waals surface area contributed by atoms with Crippen molar-refractivity contribution in [1.82, 2.24) is 5.32 Å². The summed E-state index contributed by atoms with van der Waals surface area (Å²) in [6.07, 6.45) is 0. The highest BCUT2D eigenvalue weighted by molar-refractivity contribution is 6.21. The van der Waals surface area contributed by atoms with Crippen LogP contribution in [-0.2, 0) is 9.53 Å². The highest BCUT2D eigenvalue weighted by Crippen LogP contribution is 2.11. The van der Waals surface area contributed by atoms with Crippen LogP contribution in [0.1, 0.15) is 6.92 Å². The van der Waals surface area contributed by atoms with Crippen molar-refractivity contribution in [3.05, 3.63) is 0 Å². The first-order valence-electron chi connectivity index (χ1n) is 3.19. The van der Waals surface area contributed by atoms with Crippen molar-refractivity contribution in [2.45, 2.75) is 18.3 Å². The van der Waals surface area contributed by atoms with Crippen LogP contribution in [0.2, 0.25) is 0 Å². The van der Waals surface area contributed by atoms with Crippen molar-refractivity contribution >= 4 is 17.5 Å². The van der Waals surface area contributed by atoms with Gasteiger partial charge >= 0.3 is 0 Å². The minimum Gasteiger partial charge on any atom is -0.378 e. The van der Waals surface area contributed by atoms with Gasteiger partial charge in [0.15, 0.2) is 0 Å². The van der Waals surface area contributed by atoms with E-state index in [-0.39, 0.29) is 17.3 Å². The Bertz CT molecular complexity index is 140. The van der Waals surface area contributed by atoms with E-state index < -0.39 is 0 Å². The molecule has 1 heterocycles. The summed E-state index contributed by atoms with van der Waals surface area (Å²) in [5.41, 5.74) is 0. The Labute approximate surface area is 64.7 Å². The molecule has 3 nitrogen and oxygen atoms in total. The third-order valence-electron chi connectivity index (χ3n) is 1.40. The van der Waals surface area contributed by atoms with Gasteiger partial charge in [-0.05, 0) is 0 Å². The van der Waals surface area contributed by atoms with Gasteiger partial charge in [-0.15, -0.1) is 11.6 Å². The molecule has 0 spiro atoms. The van der Waals surface area contributed by atoms with E-state index in [0.29, 0.717) is 13.2 Å². The first-order chi connectivity index (χ1) is 4.70. The standard InChI is InChI=1S/C6H10ClNO2/c1-4(9)8-6-3-10-2-5(6)7/h5-6H,2-3H2,1H3,(H,8,9). The van der Waals surface area contributed by atoms with Crippen LogP contribution in [0.15, 0.2) is 0 Å². The lowest BCUT2D eigenvalue weighted by atomic mass is 10.2. The summed E-state index contributed by atoms with van der Waals surface area (Å²) in [5, 5.41) is 2.63. The summed E-state index contributed by atoms with van der Waals surface area (Å²) in [6, 6.07) is -0.000772. The fourth-order valence-electron chi connectivity index (χ4n) is 0.921. The highest BCUT2D eigenvalue weighted by Gasteiger charge is 2.26. The van der Waals surface area contributed by atoms with Gasteiger partial charge < -0.3 is 10.1 Å². The smallest absolute Gasteiger partial charge is 0.217 e. The fourth-order valence-corrected chi connectivity index (χ4v) is 1.15. The van der Waals surface area contributed by atoms with Crippen molar-refractivity contribution in [3.63, 3.8) is 0 Å². The highest BCUT2D eigenvalue weighted by atomic mass is 35.5. The van der Waals surface area contributed by atoms with Crippen molar-refractivity contribution in [2.75, 3.05) is 13.2 Å². The molecule has 0 aliphatic carbocycles. The van der Waals surface area contributed by atoms with E-state index in [4.69, 9.17) is 16.3 Å². The van der Waals surface area contributed by atoms with Crippen LogP contribution in [0.5, 0.6) is 0 Å². The maximum absolute atomic E-state index is 10.5. The molecule has 1 aliphatic rings. The zero-order valence-electron chi connectivity index (χ0n) is 5.76. The predicted octanol–water partition coefficient (Wildman–Crippen LogP) is 0.129. The Kier molecular flexibility index (Phi) is 2.51. The van der Waals surface area contributed by atoms with Crippen molar-refractivity contribution in [2.24, 2.45) is 0 Å². The topological polar surface area (TPSA) is 38.3 Å². The van der Waals surface area contributed by atoms with Gasteiger partial charge in [0.05, 0.1) is 24.6 Å². The minimum atomic E-state index is -0.0658. The molecular formula is C6H10ClNO2. The third kappa shape index (κ3) is 1.85. The summed E-state index contributed by atoms with van der Waals surface area (Å²) in [4.78, 5) is 10.5. The number of carbonyl (C=O) groups excluding carboxylic acids is 1. The number of hydrogen-bond acceptors (Lipinski definition) is 2. The monoisotopic (exact) mass is 163 g/mol. The number of nitrogens with one attached hydrogen (secondary N) is 1. The molecule has 1 fully saturated rings. The Morgan fingerprint density at radius 3 is 2.80 bits per heavy atom. The molecule has 1 N–H and O–H groups in total. The van der Waals surface area contributed by atoms with E-state index in [9.17, 15) is 4.79 Å². The van der Waals surface area contributed by atoms with Gasteiger partial charge in [0.25, 0.3) is 0 Å². The summed E-state index contributed by atoms with van der Waals surface area (Å²) in [7, 11) is 0. The molecule has 58 valence electrons. The Morgan fingerprint density at radius 2 is 2.40 bits per heavy atom. The molecule has 1 rings (SSSR count). The number of carbonyl (C=O) groups is 1. The van der Waals surface area contributed by atoms with Gasteiger partial charge in [-0.1, -0.05) is 0 Å². The zero-order valence-corrected chi connectivity index (χ0v) is 6.52. The number of alkyl halides is 1. The quantitative estimate of drug-likeness (QED) is 0.558. The summed E-state index contributed by atoms with van der Waals surface area (Å²) in [6.45, 7) is 2.54. The average molecular weight is 164 g/mol. The maximum atomic E-state index is 10.5. The van der Waals surface area contributed by atoms with E-state index >= 15 is 0 Å². The maximum Gasteiger partial charge on any atom is 0.217 e. The summed E-state index contributed by atoms with van der Waals surface area (Å²) in [5.74, 6) is -0.0545. The molecule has 1 saturated heterocycles. The Morgan fingerprint density at radius 1 is 1.70 bits per heavy atom. The molecule has 4 heteroatoms. The first kappa shape index (κ1) is 7.82. The molecule has 2 unspecified atom stereocenters. The number of hydrogen-bond donors (Lipinski definition) is 1. The lowest BCUT2D eigenvalue weighted by Gasteiger charge is -2.11. The van der Waals surface area contributed by atoms with Gasteiger partial charge in [-0.3, -0.25) is 4.79 Å². The van der Waals surface area contributed by atoms with Crippen LogP contribution < -0.4 is 5.32 Å². The molecule has 0 aromatic carbocycles. The summed E-state index contributed by atoms with van der Waals surface area (Å²) >= 11 is 5.78. The van der Waals surface area contributed by atoms with Gasteiger partial charge in [-0.25, -0.2) is 0 Å². The van der Waals surface area contributed by atoms with Crippen LogP contribution in [-0.4, -0.2) is 30.5 Å². The summed E-state index contributed by atoms with van der Waals surface area (Å²) < 4.78 is 5.02. The van der Waals surface area contributed by atoms with Crippen LogP contribution >= 0.6 is 11.6 Å². The molecule has 0 aromatic heterocycles. The molecule has 0 radical (unpaired) electrons. The van der Waals surface area contributed by atoms with Crippen molar-refractivity contribution in [3.8, 4) is 0 Å². The Balaban J connectivity index is 2.33. The normalized spacial score (nSPS) is 32.2. The second-order valence-corrected chi connectivity index (χ2v) is 2.92. The molecular weight excluding hydrogens is 154 g/mol. The van der Waals surface area contributed by atoms with E-state index in [2.05, 4.69) is 5.32 Å². The lowest BCUT2D eigenvalue weighted by Crippen LogP contribution is -2.39. The molecule has 2 atom stereocenters. The van der Waals surface area contributed by atoms with Crippen LogP contribution in [0.3, 0.4) is 0 Å². The number of rotatable bonds is 1. The largest absolute Gasteiger partial charge is 0.378 e. The molecule has 10 heavy (non-hydrogen) atoms. The van der Waals surface area contributed by atoms with Gasteiger partial charge in [-0.2, -0.15) is 0 Å². The van der Waals surface area contributed by atoms with E-state index in [1.165, 1.54) is 6.92 Å². The SMILES string of the molecule is CC(=O)NC1COCC1Cl. The first-order valence-corrected chi connectivity index (χ1v) is 3.62. The van der Waals surface area contributed by atoms with Crippen molar-refractivity contribution in [1.29, 1.82) is 0 Å². The fraction of sp³-hybridized carbons (Fsp3) is 0.833. The van der Waals surface area contributed by atoms with Gasteiger partial charge in [0, 0.05) is 6.92 Å². The molecule has 0 saturated carbocycles. The molecule has 0 bridgehead atoms.